The summed E-state index contributed by atoms with van der Waals surface area (Å²) in [6.07, 6.45) is 14.2. The molecule has 194 valence electrons. The number of hydrogen-bond donors (Lipinski definition) is 5. The highest BCUT2D eigenvalue weighted by Gasteiger charge is 2.46. The predicted molar refractivity (Wildman–Crippen MR) is 131 cm³/mol. The molecular weight excluding hydrogens is 408 g/mol. The van der Waals surface area contributed by atoms with Crippen LogP contribution < -0.4 is 0 Å². The molecule has 5 N–H and O–H groups in total. The summed E-state index contributed by atoms with van der Waals surface area (Å²) in [4.78, 5) is 0. The molecule has 0 spiro atoms. The lowest BCUT2D eigenvalue weighted by atomic mass is 9.82. The zero-order valence-electron chi connectivity index (χ0n) is 21.0. The van der Waals surface area contributed by atoms with Crippen molar-refractivity contribution in [3.05, 3.63) is 0 Å². The zero-order valence-corrected chi connectivity index (χ0v) is 21.0. The summed E-state index contributed by atoms with van der Waals surface area (Å²) >= 11 is 0. The first-order chi connectivity index (χ1) is 15.5. The van der Waals surface area contributed by atoms with Gasteiger partial charge in [0, 0.05) is 6.61 Å². The number of rotatable bonds is 24. The summed E-state index contributed by atoms with van der Waals surface area (Å²) in [5, 5.41) is 50.9. The van der Waals surface area contributed by atoms with Crippen LogP contribution in [0.25, 0.3) is 0 Å². The average Bonchev–Trinajstić information content (AvgIpc) is 2.80. The van der Waals surface area contributed by atoms with Crippen LogP contribution in [0.15, 0.2) is 0 Å². The van der Waals surface area contributed by atoms with Crippen molar-refractivity contribution < 1.29 is 30.3 Å². The fourth-order valence-electron chi connectivity index (χ4n) is 4.33. The molecule has 0 heterocycles. The summed E-state index contributed by atoms with van der Waals surface area (Å²) in [5.74, 6) is 0. The van der Waals surface area contributed by atoms with Crippen LogP contribution in [0.5, 0.6) is 0 Å². The van der Waals surface area contributed by atoms with Gasteiger partial charge in [-0.05, 0) is 12.8 Å². The lowest BCUT2D eigenvalue weighted by Gasteiger charge is -2.41. The number of aliphatic hydroxyl groups excluding tert-OH is 4. The fourth-order valence-corrected chi connectivity index (χ4v) is 4.33. The monoisotopic (exact) mass is 462 g/mol. The maximum atomic E-state index is 11.2. The maximum absolute atomic E-state index is 11.2. The van der Waals surface area contributed by atoms with Crippen LogP contribution in [0.4, 0.5) is 0 Å². The minimum atomic E-state index is -1.79. The van der Waals surface area contributed by atoms with Crippen LogP contribution in [0.2, 0.25) is 0 Å². The molecule has 0 saturated carbocycles. The summed E-state index contributed by atoms with van der Waals surface area (Å²) in [7, 11) is 0. The van der Waals surface area contributed by atoms with E-state index >= 15 is 0 Å². The molecule has 0 amide bonds. The standard InChI is InChI=1S/C26H54O6/c1-3-5-7-9-11-13-15-17-19-26(31,24(30)22-28)25(23(29)21-27)32-20-18-16-14-12-10-8-6-4-2/h23-25,27-31H,3-22H2,1-2H3/t23-,24-,25-,26-/m1/s1. The SMILES string of the molecule is CCCCCCCCCCO[C@H]([C@H](O)CO)[C@@](O)(CCCCCCCCCC)[C@H](O)CO. The second kappa shape index (κ2) is 21.3. The summed E-state index contributed by atoms with van der Waals surface area (Å²) in [6, 6.07) is 0. The molecule has 0 aliphatic carbocycles. The molecule has 0 fully saturated rings. The van der Waals surface area contributed by atoms with Gasteiger partial charge in [0.2, 0.25) is 0 Å². The Morgan fingerprint density at radius 1 is 0.625 bits per heavy atom. The zero-order chi connectivity index (χ0) is 24.1. The molecule has 0 aliphatic rings. The van der Waals surface area contributed by atoms with E-state index in [1.807, 2.05) is 0 Å². The fraction of sp³-hybridized carbons (Fsp3) is 1.00. The van der Waals surface area contributed by atoms with E-state index in [1.54, 1.807) is 0 Å². The molecule has 0 bridgehead atoms. The van der Waals surface area contributed by atoms with Crippen molar-refractivity contribution in [2.24, 2.45) is 0 Å². The van der Waals surface area contributed by atoms with Crippen LogP contribution in [-0.2, 0) is 4.74 Å². The van der Waals surface area contributed by atoms with Crippen LogP contribution in [0.1, 0.15) is 123 Å². The van der Waals surface area contributed by atoms with E-state index in [1.165, 1.54) is 57.8 Å². The normalized spacial score (nSPS) is 16.6. The van der Waals surface area contributed by atoms with E-state index in [0.717, 1.165) is 38.5 Å². The van der Waals surface area contributed by atoms with Gasteiger partial charge in [0.15, 0.2) is 0 Å². The molecule has 32 heavy (non-hydrogen) atoms. The highest BCUT2D eigenvalue weighted by molar-refractivity contribution is 4.97. The van der Waals surface area contributed by atoms with E-state index in [9.17, 15) is 25.5 Å². The molecule has 6 nitrogen and oxygen atoms in total. The Labute approximate surface area is 197 Å². The molecule has 0 saturated heterocycles. The van der Waals surface area contributed by atoms with E-state index in [4.69, 9.17) is 4.74 Å². The van der Waals surface area contributed by atoms with E-state index < -0.39 is 37.1 Å². The summed E-state index contributed by atoms with van der Waals surface area (Å²) in [5.41, 5.74) is -1.79. The third-order valence-electron chi connectivity index (χ3n) is 6.51. The topological polar surface area (TPSA) is 110 Å². The Kier molecular flexibility index (Phi) is 21.1. The van der Waals surface area contributed by atoms with E-state index in [0.29, 0.717) is 13.0 Å². The van der Waals surface area contributed by atoms with Gasteiger partial charge in [-0.1, -0.05) is 110 Å². The van der Waals surface area contributed by atoms with Crippen molar-refractivity contribution in [3.8, 4) is 0 Å². The highest BCUT2D eigenvalue weighted by Crippen LogP contribution is 2.29. The molecule has 0 rings (SSSR count). The predicted octanol–water partition coefficient (Wildman–Crippen LogP) is 4.48. The van der Waals surface area contributed by atoms with Gasteiger partial charge >= 0.3 is 0 Å². The average molecular weight is 463 g/mol. The van der Waals surface area contributed by atoms with Crippen LogP contribution in [0, 0.1) is 0 Å². The Balaban J connectivity index is 4.55. The molecule has 4 atom stereocenters. The highest BCUT2D eigenvalue weighted by atomic mass is 16.5. The van der Waals surface area contributed by atoms with E-state index in [2.05, 4.69) is 13.8 Å². The first kappa shape index (κ1) is 31.8. The minimum Gasteiger partial charge on any atom is -0.394 e. The quantitative estimate of drug-likeness (QED) is 0.135. The summed E-state index contributed by atoms with van der Waals surface area (Å²) < 4.78 is 5.82. The summed E-state index contributed by atoms with van der Waals surface area (Å²) in [6.45, 7) is 3.55. The third kappa shape index (κ3) is 14.1. The molecule has 0 unspecified atom stereocenters. The lowest BCUT2D eigenvalue weighted by Crippen LogP contribution is -2.59. The van der Waals surface area contributed by atoms with Crippen molar-refractivity contribution in [1.29, 1.82) is 0 Å². The van der Waals surface area contributed by atoms with Crippen LogP contribution in [0.3, 0.4) is 0 Å². The van der Waals surface area contributed by atoms with Gasteiger partial charge in [0.25, 0.3) is 0 Å². The van der Waals surface area contributed by atoms with Gasteiger partial charge in [0.05, 0.1) is 13.2 Å². The molecule has 0 radical (unpaired) electrons. The molecular formula is C26H54O6. The van der Waals surface area contributed by atoms with Crippen molar-refractivity contribution >= 4 is 0 Å². The van der Waals surface area contributed by atoms with Crippen LogP contribution >= 0.6 is 0 Å². The number of ether oxygens (including phenoxy) is 1. The lowest BCUT2D eigenvalue weighted by molar-refractivity contribution is -0.211. The van der Waals surface area contributed by atoms with Crippen molar-refractivity contribution in [1.82, 2.24) is 0 Å². The molecule has 0 aromatic heterocycles. The Morgan fingerprint density at radius 3 is 1.50 bits per heavy atom. The number of hydrogen-bond acceptors (Lipinski definition) is 6. The first-order valence-electron chi connectivity index (χ1n) is 13.4. The Morgan fingerprint density at radius 2 is 1.06 bits per heavy atom. The number of unbranched alkanes of at least 4 members (excludes halogenated alkanes) is 14. The smallest absolute Gasteiger partial charge is 0.121 e. The second-order valence-electron chi connectivity index (χ2n) is 9.43. The minimum absolute atomic E-state index is 0.211. The molecule has 6 heteroatoms. The van der Waals surface area contributed by atoms with Gasteiger partial charge in [-0.25, -0.2) is 0 Å². The van der Waals surface area contributed by atoms with Gasteiger partial charge < -0.3 is 30.3 Å². The molecule has 0 aliphatic heterocycles. The van der Waals surface area contributed by atoms with Crippen molar-refractivity contribution in [3.63, 3.8) is 0 Å². The first-order valence-corrected chi connectivity index (χ1v) is 13.4. The van der Waals surface area contributed by atoms with Crippen LogP contribution in [-0.4, -0.2) is 69.3 Å². The largest absolute Gasteiger partial charge is 0.394 e. The molecule has 0 aromatic carbocycles. The number of aliphatic hydroxyl groups is 5. The van der Waals surface area contributed by atoms with Gasteiger partial charge in [-0.3, -0.25) is 0 Å². The van der Waals surface area contributed by atoms with Crippen molar-refractivity contribution in [2.75, 3.05) is 19.8 Å². The Hall–Kier alpha value is -0.240. The second-order valence-corrected chi connectivity index (χ2v) is 9.43. The molecule has 0 aromatic rings. The van der Waals surface area contributed by atoms with Gasteiger partial charge in [-0.2, -0.15) is 0 Å². The third-order valence-corrected chi connectivity index (χ3v) is 6.51. The van der Waals surface area contributed by atoms with Gasteiger partial charge in [0.1, 0.15) is 23.9 Å². The Bertz CT molecular complexity index is 395. The van der Waals surface area contributed by atoms with Gasteiger partial charge in [-0.15, -0.1) is 0 Å². The maximum Gasteiger partial charge on any atom is 0.121 e. The van der Waals surface area contributed by atoms with E-state index in [-0.39, 0.29) is 6.42 Å². The van der Waals surface area contributed by atoms with Crippen molar-refractivity contribution in [2.45, 2.75) is 147 Å².